The largest absolute Gasteiger partial charge is 0.305 e. The smallest absolute Gasteiger partial charge is 0.256 e. The first kappa shape index (κ1) is 13.8. The number of aryl methyl sites for hydroxylation is 2. The zero-order valence-electron chi connectivity index (χ0n) is 11.0. The van der Waals surface area contributed by atoms with Gasteiger partial charge in [-0.25, -0.2) is 0 Å². The second-order valence-corrected chi connectivity index (χ2v) is 5.30. The predicted molar refractivity (Wildman–Crippen MR) is 79.4 cm³/mol. The molecule has 0 atom stereocenters. The first-order valence-electron chi connectivity index (χ1n) is 6.22. The van der Waals surface area contributed by atoms with Crippen LogP contribution in [0, 0.1) is 6.92 Å². The van der Waals surface area contributed by atoms with Crippen LogP contribution in [0.1, 0.15) is 35.0 Å². The number of amides is 1. The van der Waals surface area contributed by atoms with E-state index in [2.05, 4.69) is 38.4 Å². The van der Waals surface area contributed by atoms with Gasteiger partial charge < -0.3 is 5.32 Å². The monoisotopic (exact) mass is 321 g/mol. The van der Waals surface area contributed by atoms with Crippen molar-refractivity contribution in [2.45, 2.75) is 26.7 Å². The third-order valence-electron chi connectivity index (χ3n) is 2.81. The van der Waals surface area contributed by atoms with Crippen molar-refractivity contribution in [2.24, 2.45) is 0 Å². The minimum atomic E-state index is -0.148. The molecule has 0 radical (unpaired) electrons. The number of rotatable bonds is 4. The molecule has 0 unspecified atom stereocenters. The van der Waals surface area contributed by atoms with Crippen molar-refractivity contribution >= 4 is 27.7 Å². The van der Waals surface area contributed by atoms with E-state index in [4.69, 9.17) is 0 Å². The van der Waals surface area contributed by atoms with Crippen molar-refractivity contribution in [3.05, 3.63) is 45.6 Å². The van der Waals surface area contributed by atoms with Crippen LogP contribution in [0.2, 0.25) is 0 Å². The number of aromatic amines is 1. The number of carbonyl (C=O) groups is 1. The standard InChI is InChI=1S/C14H16BrN3O/c1-3-4-11-8-13(18-17-11)16-14(19)10-5-6-12(15)9(2)7-10/h5-8H,3-4H2,1-2H3,(H2,16,17,18,19). The molecule has 0 aliphatic rings. The Bertz CT molecular complexity index is 592. The molecule has 19 heavy (non-hydrogen) atoms. The van der Waals surface area contributed by atoms with Gasteiger partial charge in [0.05, 0.1) is 0 Å². The van der Waals surface area contributed by atoms with Crippen molar-refractivity contribution in [3.63, 3.8) is 0 Å². The summed E-state index contributed by atoms with van der Waals surface area (Å²) in [5.41, 5.74) is 2.69. The number of nitrogens with one attached hydrogen (secondary N) is 2. The van der Waals surface area contributed by atoms with E-state index in [1.54, 1.807) is 6.07 Å². The molecule has 4 nitrogen and oxygen atoms in total. The Morgan fingerprint density at radius 2 is 2.21 bits per heavy atom. The molecule has 2 N–H and O–H groups in total. The molecule has 2 rings (SSSR count). The van der Waals surface area contributed by atoms with Crippen molar-refractivity contribution in [3.8, 4) is 0 Å². The van der Waals surface area contributed by atoms with E-state index in [9.17, 15) is 4.79 Å². The van der Waals surface area contributed by atoms with Gasteiger partial charge in [0.1, 0.15) is 0 Å². The second kappa shape index (κ2) is 6.02. The number of carbonyl (C=O) groups excluding carboxylic acids is 1. The number of nitrogens with zero attached hydrogens (tertiary/aromatic N) is 1. The average molecular weight is 322 g/mol. The molecule has 0 saturated heterocycles. The third-order valence-corrected chi connectivity index (χ3v) is 3.70. The van der Waals surface area contributed by atoms with Crippen LogP contribution in [0.4, 0.5) is 5.82 Å². The van der Waals surface area contributed by atoms with Crippen LogP contribution in [-0.4, -0.2) is 16.1 Å². The summed E-state index contributed by atoms with van der Waals surface area (Å²) in [6.07, 6.45) is 1.97. The number of benzene rings is 1. The quantitative estimate of drug-likeness (QED) is 0.902. The minimum absolute atomic E-state index is 0.148. The van der Waals surface area contributed by atoms with Gasteiger partial charge in [-0.1, -0.05) is 29.3 Å². The van der Waals surface area contributed by atoms with Gasteiger partial charge in [-0.3, -0.25) is 9.89 Å². The highest BCUT2D eigenvalue weighted by Crippen LogP contribution is 2.18. The lowest BCUT2D eigenvalue weighted by Gasteiger charge is -2.04. The minimum Gasteiger partial charge on any atom is -0.305 e. The van der Waals surface area contributed by atoms with E-state index < -0.39 is 0 Å². The van der Waals surface area contributed by atoms with E-state index in [1.807, 2.05) is 25.1 Å². The Morgan fingerprint density at radius 3 is 2.89 bits per heavy atom. The molecule has 1 amide bonds. The Balaban J connectivity index is 2.09. The highest BCUT2D eigenvalue weighted by atomic mass is 79.9. The highest BCUT2D eigenvalue weighted by Gasteiger charge is 2.09. The van der Waals surface area contributed by atoms with Gasteiger partial charge in [0, 0.05) is 21.8 Å². The number of aromatic nitrogens is 2. The maximum atomic E-state index is 12.1. The first-order valence-corrected chi connectivity index (χ1v) is 7.01. The van der Waals surface area contributed by atoms with Gasteiger partial charge in [-0.05, 0) is 37.1 Å². The molecular weight excluding hydrogens is 306 g/mol. The van der Waals surface area contributed by atoms with Gasteiger partial charge in [0.2, 0.25) is 0 Å². The molecule has 100 valence electrons. The van der Waals surface area contributed by atoms with Crippen LogP contribution in [0.3, 0.4) is 0 Å². The number of anilines is 1. The Kier molecular flexibility index (Phi) is 4.37. The Hall–Kier alpha value is -1.62. The molecule has 0 bridgehead atoms. The predicted octanol–water partition coefficient (Wildman–Crippen LogP) is 3.69. The van der Waals surface area contributed by atoms with Gasteiger partial charge in [0.25, 0.3) is 5.91 Å². The van der Waals surface area contributed by atoms with E-state index >= 15 is 0 Å². The topological polar surface area (TPSA) is 57.8 Å². The lowest BCUT2D eigenvalue weighted by molar-refractivity contribution is 0.102. The van der Waals surface area contributed by atoms with Crippen molar-refractivity contribution in [2.75, 3.05) is 5.32 Å². The molecule has 0 spiro atoms. The van der Waals surface area contributed by atoms with Crippen LogP contribution in [0.25, 0.3) is 0 Å². The van der Waals surface area contributed by atoms with Crippen LogP contribution in [-0.2, 0) is 6.42 Å². The lowest BCUT2D eigenvalue weighted by Crippen LogP contribution is -2.12. The molecule has 0 fully saturated rings. The second-order valence-electron chi connectivity index (χ2n) is 4.45. The summed E-state index contributed by atoms with van der Waals surface area (Å²) in [6, 6.07) is 7.37. The summed E-state index contributed by atoms with van der Waals surface area (Å²) in [5.74, 6) is 0.416. The third kappa shape index (κ3) is 3.44. The fourth-order valence-corrected chi connectivity index (χ4v) is 2.04. The van der Waals surface area contributed by atoms with Gasteiger partial charge in [0.15, 0.2) is 5.82 Å². The maximum Gasteiger partial charge on any atom is 0.256 e. The molecular formula is C14H16BrN3O. The molecule has 0 saturated carbocycles. The van der Waals surface area contributed by atoms with Gasteiger partial charge in [-0.15, -0.1) is 0 Å². The number of H-pyrrole nitrogens is 1. The fourth-order valence-electron chi connectivity index (χ4n) is 1.80. The zero-order valence-corrected chi connectivity index (χ0v) is 12.5. The van der Waals surface area contributed by atoms with Crippen molar-refractivity contribution < 1.29 is 4.79 Å². The zero-order chi connectivity index (χ0) is 13.8. The van der Waals surface area contributed by atoms with E-state index in [0.717, 1.165) is 28.6 Å². The molecule has 1 heterocycles. The normalized spacial score (nSPS) is 10.5. The number of hydrogen-bond donors (Lipinski definition) is 2. The highest BCUT2D eigenvalue weighted by molar-refractivity contribution is 9.10. The van der Waals surface area contributed by atoms with Crippen LogP contribution in [0.15, 0.2) is 28.7 Å². The number of halogens is 1. The molecule has 2 aromatic rings. The molecule has 1 aromatic carbocycles. The van der Waals surface area contributed by atoms with E-state index in [0.29, 0.717) is 11.4 Å². The molecule has 1 aromatic heterocycles. The summed E-state index contributed by atoms with van der Waals surface area (Å²) >= 11 is 3.42. The lowest BCUT2D eigenvalue weighted by atomic mass is 10.1. The Morgan fingerprint density at radius 1 is 1.42 bits per heavy atom. The Labute approximate surface area is 120 Å². The summed E-state index contributed by atoms with van der Waals surface area (Å²) in [7, 11) is 0. The molecule has 5 heteroatoms. The SMILES string of the molecule is CCCc1cc(NC(=O)c2ccc(Br)c(C)c2)n[nH]1. The maximum absolute atomic E-state index is 12.1. The number of hydrogen-bond acceptors (Lipinski definition) is 2. The average Bonchev–Trinajstić information content (AvgIpc) is 2.80. The van der Waals surface area contributed by atoms with Gasteiger partial charge >= 0.3 is 0 Å². The summed E-state index contributed by atoms with van der Waals surface area (Å²) in [6.45, 7) is 4.05. The first-order chi connectivity index (χ1) is 9.10. The molecule has 0 aliphatic heterocycles. The summed E-state index contributed by atoms with van der Waals surface area (Å²) < 4.78 is 0.994. The van der Waals surface area contributed by atoms with E-state index in [1.165, 1.54) is 0 Å². The summed E-state index contributed by atoms with van der Waals surface area (Å²) in [5, 5.41) is 9.77. The fraction of sp³-hybridized carbons (Fsp3) is 0.286. The summed E-state index contributed by atoms with van der Waals surface area (Å²) in [4.78, 5) is 12.1. The molecule has 0 aliphatic carbocycles. The van der Waals surface area contributed by atoms with Crippen LogP contribution < -0.4 is 5.32 Å². The van der Waals surface area contributed by atoms with Crippen molar-refractivity contribution in [1.82, 2.24) is 10.2 Å². The van der Waals surface area contributed by atoms with Crippen LogP contribution in [0.5, 0.6) is 0 Å². The van der Waals surface area contributed by atoms with E-state index in [-0.39, 0.29) is 5.91 Å². The van der Waals surface area contributed by atoms with Crippen LogP contribution >= 0.6 is 15.9 Å². The van der Waals surface area contributed by atoms with Crippen molar-refractivity contribution in [1.29, 1.82) is 0 Å². The van der Waals surface area contributed by atoms with Gasteiger partial charge in [-0.2, -0.15) is 5.10 Å².